The lowest BCUT2D eigenvalue weighted by molar-refractivity contribution is 0.288. The summed E-state index contributed by atoms with van der Waals surface area (Å²) in [6.07, 6.45) is 5.93. The molecule has 1 fully saturated rings. The van der Waals surface area contributed by atoms with Gasteiger partial charge in [0, 0.05) is 30.0 Å². The van der Waals surface area contributed by atoms with Crippen LogP contribution in [0.4, 0.5) is 0 Å². The van der Waals surface area contributed by atoms with Crippen LogP contribution in [0.1, 0.15) is 35.7 Å². The van der Waals surface area contributed by atoms with Gasteiger partial charge in [-0.15, -0.1) is 0 Å². The summed E-state index contributed by atoms with van der Waals surface area (Å²) >= 11 is 6.23. The minimum Gasteiger partial charge on any atom is -0.308 e. The van der Waals surface area contributed by atoms with Crippen LogP contribution in [-0.2, 0) is 6.54 Å². The third kappa shape index (κ3) is 3.00. The van der Waals surface area contributed by atoms with Crippen molar-refractivity contribution < 1.29 is 0 Å². The molecule has 1 aromatic heterocycles. The lowest BCUT2D eigenvalue weighted by Gasteiger charge is -2.36. The summed E-state index contributed by atoms with van der Waals surface area (Å²) in [4.78, 5) is 8.61. The molecule has 0 aliphatic heterocycles. The van der Waals surface area contributed by atoms with Crippen LogP contribution < -0.4 is 5.32 Å². The molecule has 1 aliphatic carbocycles. The van der Waals surface area contributed by atoms with Crippen LogP contribution in [0.15, 0.2) is 36.7 Å². The van der Waals surface area contributed by atoms with Crippen molar-refractivity contribution >= 4 is 11.6 Å². The summed E-state index contributed by atoms with van der Waals surface area (Å²) in [7, 11) is 0. The van der Waals surface area contributed by atoms with Gasteiger partial charge >= 0.3 is 0 Å². The number of halogens is 1. The van der Waals surface area contributed by atoms with Gasteiger partial charge in [0.05, 0.1) is 11.4 Å². The third-order valence-electron chi connectivity index (χ3n) is 3.89. The Kier molecular flexibility index (Phi) is 3.99. The molecule has 0 atom stereocenters. The SMILES string of the molecule is Cc1cnc(CNC2CC(c3ccccc3Cl)C2)cn1. The van der Waals surface area contributed by atoms with Gasteiger partial charge in [-0.25, -0.2) is 0 Å². The molecule has 0 bridgehead atoms. The van der Waals surface area contributed by atoms with E-state index in [1.807, 2.05) is 31.5 Å². The molecule has 1 N–H and O–H groups in total. The van der Waals surface area contributed by atoms with Crippen molar-refractivity contribution in [2.75, 3.05) is 0 Å². The van der Waals surface area contributed by atoms with E-state index in [0.717, 1.165) is 35.8 Å². The molecule has 1 aliphatic rings. The molecule has 0 radical (unpaired) electrons. The number of aryl methyl sites for hydroxylation is 1. The number of hydrogen-bond acceptors (Lipinski definition) is 3. The highest BCUT2D eigenvalue weighted by Gasteiger charge is 2.30. The van der Waals surface area contributed by atoms with Crippen molar-refractivity contribution in [3.05, 3.63) is 58.6 Å². The van der Waals surface area contributed by atoms with E-state index < -0.39 is 0 Å². The first-order valence-electron chi connectivity index (χ1n) is 6.97. The predicted molar refractivity (Wildman–Crippen MR) is 80.8 cm³/mol. The Morgan fingerprint density at radius 1 is 1.20 bits per heavy atom. The number of nitrogens with one attached hydrogen (secondary N) is 1. The van der Waals surface area contributed by atoms with Crippen LogP contribution >= 0.6 is 11.6 Å². The van der Waals surface area contributed by atoms with Gasteiger partial charge in [-0.3, -0.25) is 9.97 Å². The summed E-state index contributed by atoms with van der Waals surface area (Å²) < 4.78 is 0. The number of nitrogens with zero attached hydrogens (tertiary/aromatic N) is 2. The summed E-state index contributed by atoms with van der Waals surface area (Å²) in [5.41, 5.74) is 3.23. The quantitative estimate of drug-likeness (QED) is 0.935. The molecule has 0 unspecified atom stereocenters. The standard InChI is InChI=1S/C16H18ClN3/c1-11-8-19-14(9-18-11)10-20-13-6-12(7-13)15-4-2-3-5-16(15)17/h2-5,8-9,12-13,20H,6-7,10H2,1H3. The first kappa shape index (κ1) is 13.5. The van der Waals surface area contributed by atoms with Crippen molar-refractivity contribution in [2.24, 2.45) is 0 Å². The van der Waals surface area contributed by atoms with E-state index in [0.29, 0.717) is 12.0 Å². The maximum atomic E-state index is 6.23. The van der Waals surface area contributed by atoms with Crippen molar-refractivity contribution in [3.8, 4) is 0 Å². The number of aromatic nitrogens is 2. The topological polar surface area (TPSA) is 37.8 Å². The Hall–Kier alpha value is -1.45. The minimum absolute atomic E-state index is 0.555. The van der Waals surface area contributed by atoms with Crippen LogP contribution in [-0.4, -0.2) is 16.0 Å². The Morgan fingerprint density at radius 3 is 2.70 bits per heavy atom. The summed E-state index contributed by atoms with van der Waals surface area (Å²) in [5, 5.41) is 4.42. The molecule has 3 rings (SSSR count). The number of hydrogen-bond donors (Lipinski definition) is 1. The molecular weight excluding hydrogens is 270 g/mol. The summed E-state index contributed by atoms with van der Waals surface area (Å²) in [6.45, 7) is 2.73. The second-order valence-corrected chi connectivity index (χ2v) is 5.82. The number of benzene rings is 1. The van der Waals surface area contributed by atoms with E-state index in [9.17, 15) is 0 Å². The molecule has 0 spiro atoms. The molecule has 1 saturated carbocycles. The van der Waals surface area contributed by atoms with E-state index in [4.69, 9.17) is 11.6 Å². The van der Waals surface area contributed by atoms with Gasteiger partial charge in [-0.1, -0.05) is 29.8 Å². The van der Waals surface area contributed by atoms with E-state index in [2.05, 4.69) is 27.4 Å². The fourth-order valence-corrected chi connectivity index (χ4v) is 2.89. The van der Waals surface area contributed by atoms with Crippen LogP contribution in [0, 0.1) is 6.92 Å². The van der Waals surface area contributed by atoms with Gasteiger partial charge in [0.15, 0.2) is 0 Å². The first-order chi connectivity index (χ1) is 9.72. The Balaban J connectivity index is 1.49. The van der Waals surface area contributed by atoms with Crippen molar-refractivity contribution in [3.63, 3.8) is 0 Å². The average molecular weight is 288 g/mol. The molecule has 2 aromatic rings. The maximum absolute atomic E-state index is 6.23. The second-order valence-electron chi connectivity index (χ2n) is 5.42. The van der Waals surface area contributed by atoms with Gasteiger partial charge in [-0.05, 0) is 37.3 Å². The molecule has 1 aromatic carbocycles. The van der Waals surface area contributed by atoms with E-state index in [1.165, 1.54) is 5.56 Å². The normalized spacial score (nSPS) is 21.5. The van der Waals surface area contributed by atoms with E-state index in [1.54, 1.807) is 0 Å². The smallest absolute Gasteiger partial charge is 0.0724 e. The largest absolute Gasteiger partial charge is 0.308 e. The molecular formula is C16H18ClN3. The summed E-state index contributed by atoms with van der Waals surface area (Å²) in [5.74, 6) is 0.588. The monoisotopic (exact) mass is 287 g/mol. The Labute approximate surface area is 124 Å². The first-order valence-corrected chi connectivity index (χ1v) is 7.35. The fraction of sp³-hybridized carbons (Fsp3) is 0.375. The zero-order valence-electron chi connectivity index (χ0n) is 11.5. The predicted octanol–water partition coefficient (Wildman–Crippen LogP) is 3.47. The van der Waals surface area contributed by atoms with Crippen molar-refractivity contribution in [2.45, 2.75) is 38.3 Å². The van der Waals surface area contributed by atoms with Gasteiger partial charge in [0.1, 0.15) is 0 Å². The molecule has 0 amide bonds. The molecule has 104 valence electrons. The van der Waals surface area contributed by atoms with Crippen LogP contribution in [0.3, 0.4) is 0 Å². The number of rotatable bonds is 4. The van der Waals surface area contributed by atoms with Crippen molar-refractivity contribution in [1.82, 2.24) is 15.3 Å². The van der Waals surface area contributed by atoms with E-state index in [-0.39, 0.29) is 0 Å². The molecule has 1 heterocycles. The second kappa shape index (κ2) is 5.90. The van der Waals surface area contributed by atoms with Crippen LogP contribution in [0.5, 0.6) is 0 Å². The molecule has 0 saturated heterocycles. The van der Waals surface area contributed by atoms with E-state index >= 15 is 0 Å². The van der Waals surface area contributed by atoms with Crippen LogP contribution in [0.25, 0.3) is 0 Å². The molecule has 4 heteroatoms. The zero-order chi connectivity index (χ0) is 13.9. The lowest BCUT2D eigenvalue weighted by atomic mass is 9.76. The highest BCUT2D eigenvalue weighted by atomic mass is 35.5. The fourth-order valence-electron chi connectivity index (χ4n) is 2.60. The zero-order valence-corrected chi connectivity index (χ0v) is 12.3. The Bertz CT molecular complexity index is 577. The average Bonchev–Trinajstić information content (AvgIpc) is 2.41. The van der Waals surface area contributed by atoms with Gasteiger partial charge in [-0.2, -0.15) is 0 Å². The molecule has 20 heavy (non-hydrogen) atoms. The van der Waals surface area contributed by atoms with Gasteiger partial charge < -0.3 is 5.32 Å². The molecule has 3 nitrogen and oxygen atoms in total. The summed E-state index contributed by atoms with van der Waals surface area (Å²) in [6, 6.07) is 8.70. The van der Waals surface area contributed by atoms with Gasteiger partial charge in [0.25, 0.3) is 0 Å². The lowest BCUT2D eigenvalue weighted by Crippen LogP contribution is -2.39. The highest BCUT2D eigenvalue weighted by Crippen LogP contribution is 2.39. The van der Waals surface area contributed by atoms with Crippen molar-refractivity contribution in [1.29, 1.82) is 0 Å². The maximum Gasteiger partial charge on any atom is 0.0724 e. The third-order valence-corrected chi connectivity index (χ3v) is 4.23. The minimum atomic E-state index is 0.555. The van der Waals surface area contributed by atoms with Gasteiger partial charge in [0.2, 0.25) is 0 Å². The van der Waals surface area contributed by atoms with Crippen LogP contribution in [0.2, 0.25) is 5.02 Å². The highest BCUT2D eigenvalue weighted by molar-refractivity contribution is 6.31. The Morgan fingerprint density at radius 2 is 2.00 bits per heavy atom.